The van der Waals surface area contributed by atoms with Gasteiger partial charge < -0.3 is 14.9 Å². The Hall–Kier alpha value is -1.86. The van der Waals surface area contributed by atoms with Crippen LogP contribution < -0.4 is 11.2 Å². The Morgan fingerprint density at radius 3 is 2.94 bits per heavy atom. The molecule has 1 aromatic rings. The maximum absolute atomic E-state index is 11.2. The lowest BCUT2D eigenvalue weighted by Crippen LogP contribution is -2.24. The predicted octanol–water partition coefficient (Wildman–Crippen LogP) is -0.427. The Balaban J connectivity index is 2.45. The Labute approximate surface area is 91.4 Å². The fourth-order valence-electron chi connectivity index (χ4n) is 0.998. The molecule has 0 spiro atoms. The zero-order valence-electron chi connectivity index (χ0n) is 8.69. The number of nitrogens with two attached hydrogens (primary N) is 1. The van der Waals surface area contributed by atoms with Crippen molar-refractivity contribution in [2.75, 3.05) is 13.7 Å². The van der Waals surface area contributed by atoms with Crippen molar-refractivity contribution >= 4 is 11.9 Å². The van der Waals surface area contributed by atoms with Gasteiger partial charge in [0.2, 0.25) is 11.7 Å². The monoisotopic (exact) mass is 228 g/mol. The summed E-state index contributed by atoms with van der Waals surface area (Å²) in [5, 5.41) is 0. The SMILES string of the molecule is COC(=O)c1occc1CNOCC(N)=O. The van der Waals surface area contributed by atoms with Crippen molar-refractivity contribution in [1.29, 1.82) is 0 Å². The second-order valence-electron chi connectivity index (χ2n) is 2.84. The molecule has 1 rings (SSSR count). The van der Waals surface area contributed by atoms with Crippen molar-refractivity contribution in [3.05, 3.63) is 23.7 Å². The molecule has 0 radical (unpaired) electrons. The van der Waals surface area contributed by atoms with Crippen LogP contribution in [0, 0.1) is 0 Å². The van der Waals surface area contributed by atoms with Gasteiger partial charge in [0.15, 0.2) is 0 Å². The Morgan fingerprint density at radius 1 is 1.56 bits per heavy atom. The van der Waals surface area contributed by atoms with Gasteiger partial charge in [-0.15, -0.1) is 0 Å². The molecule has 1 aromatic heterocycles. The van der Waals surface area contributed by atoms with Crippen molar-refractivity contribution in [3.8, 4) is 0 Å². The average molecular weight is 228 g/mol. The molecule has 0 bridgehead atoms. The molecule has 1 heterocycles. The van der Waals surface area contributed by atoms with E-state index in [0.717, 1.165) is 0 Å². The zero-order chi connectivity index (χ0) is 12.0. The van der Waals surface area contributed by atoms with Crippen LogP contribution in [0.15, 0.2) is 16.7 Å². The molecule has 0 aromatic carbocycles. The molecular formula is C9H12N2O5. The second-order valence-corrected chi connectivity index (χ2v) is 2.84. The summed E-state index contributed by atoms with van der Waals surface area (Å²) in [7, 11) is 1.26. The number of amides is 1. The van der Waals surface area contributed by atoms with Crippen LogP contribution in [0.25, 0.3) is 0 Å². The molecule has 88 valence electrons. The van der Waals surface area contributed by atoms with E-state index in [1.54, 1.807) is 6.07 Å². The van der Waals surface area contributed by atoms with Gasteiger partial charge in [-0.3, -0.25) is 9.63 Å². The van der Waals surface area contributed by atoms with E-state index in [9.17, 15) is 9.59 Å². The van der Waals surface area contributed by atoms with E-state index in [1.807, 2.05) is 0 Å². The van der Waals surface area contributed by atoms with E-state index >= 15 is 0 Å². The Morgan fingerprint density at radius 2 is 2.31 bits per heavy atom. The van der Waals surface area contributed by atoms with Crippen LogP contribution in [0.5, 0.6) is 0 Å². The summed E-state index contributed by atoms with van der Waals surface area (Å²) in [6.45, 7) is -0.0420. The number of hydrogen-bond acceptors (Lipinski definition) is 6. The summed E-state index contributed by atoms with van der Waals surface area (Å²) in [6, 6.07) is 1.59. The van der Waals surface area contributed by atoms with E-state index in [0.29, 0.717) is 5.56 Å². The van der Waals surface area contributed by atoms with E-state index in [-0.39, 0.29) is 18.9 Å². The van der Waals surface area contributed by atoms with Crippen molar-refractivity contribution in [3.63, 3.8) is 0 Å². The molecule has 0 atom stereocenters. The van der Waals surface area contributed by atoms with E-state index in [4.69, 9.17) is 15.0 Å². The first-order valence-electron chi connectivity index (χ1n) is 4.42. The number of methoxy groups -OCH3 is 1. The summed E-state index contributed by atoms with van der Waals surface area (Å²) >= 11 is 0. The summed E-state index contributed by atoms with van der Waals surface area (Å²) in [4.78, 5) is 26.2. The summed E-state index contributed by atoms with van der Waals surface area (Å²) in [6.07, 6.45) is 1.36. The number of esters is 1. The number of carbonyl (C=O) groups excluding carboxylic acids is 2. The van der Waals surface area contributed by atoms with Crippen LogP contribution in [0.2, 0.25) is 0 Å². The van der Waals surface area contributed by atoms with Gasteiger partial charge in [-0.2, -0.15) is 5.48 Å². The molecule has 0 unspecified atom stereocenters. The van der Waals surface area contributed by atoms with Gasteiger partial charge in [0, 0.05) is 5.56 Å². The molecule has 1 amide bonds. The largest absolute Gasteiger partial charge is 0.463 e. The lowest BCUT2D eigenvalue weighted by atomic mass is 10.2. The van der Waals surface area contributed by atoms with Crippen LogP contribution in [0.1, 0.15) is 16.1 Å². The van der Waals surface area contributed by atoms with Gasteiger partial charge in [0.25, 0.3) is 0 Å². The van der Waals surface area contributed by atoms with Crippen molar-refractivity contribution in [2.45, 2.75) is 6.54 Å². The molecule has 16 heavy (non-hydrogen) atoms. The minimum absolute atomic E-state index is 0.0951. The maximum Gasteiger partial charge on any atom is 0.374 e. The van der Waals surface area contributed by atoms with Crippen LogP contribution in [0.3, 0.4) is 0 Å². The molecule has 0 aliphatic carbocycles. The Bertz CT molecular complexity index is 374. The summed E-state index contributed by atoms with van der Waals surface area (Å²) in [5.74, 6) is -1.07. The zero-order valence-corrected chi connectivity index (χ0v) is 8.69. The highest BCUT2D eigenvalue weighted by Gasteiger charge is 2.15. The molecule has 0 saturated carbocycles. The molecule has 0 saturated heterocycles. The van der Waals surface area contributed by atoms with Crippen LogP contribution in [0.4, 0.5) is 0 Å². The minimum Gasteiger partial charge on any atom is -0.463 e. The molecule has 0 aliphatic heterocycles. The third-order valence-corrected chi connectivity index (χ3v) is 1.70. The second kappa shape index (κ2) is 5.89. The highest BCUT2D eigenvalue weighted by molar-refractivity contribution is 5.87. The normalized spacial score (nSPS) is 10.1. The number of rotatable bonds is 6. The van der Waals surface area contributed by atoms with E-state index in [2.05, 4.69) is 10.2 Å². The average Bonchev–Trinajstić information content (AvgIpc) is 2.71. The number of hydroxylamine groups is 1. The quantitative estimate of drug-likeness (QED) is 0.389. The van der Waals surface area contributed by atoms with Crippen LogP contribution >= 0.6 is 0 Å². The van der Waals surface area contributed by atoms with Crippen molar-refractivity contribution < 1.29 is 23.6 Å². The van der Waals surface area contributed by atoms with Gasteiger partial charge in [-0.05, 0) is 6.07 Å². The van der Waals surface area contributed by atoms with Gasteiger partial charge in [0.05, 0.1) is 19.9 Å². The fraction of sp³-hybridized carbons (Fsp3) is 0.333. The van der Waals surface area contributed by atoms with Gasteiger partial charge >= 0.3 is 5.97 Å². The topological polar surface area (TPSA) is 104 Å². The van der Waals surface area contributed by atoms with E-state index in [1.165, 1.54) is 13.4 Å². The van der Waals surface area contributed by atoms with Gasteiger partial charge in [-0.1, -0.05) is 0 Å². The fourth-order valence-corrected chi connectivity index (χ4v) is 0.998. The first kappa shape index (κ1) is 12.2. The molecule has 3 N–H and O–H groups in total. The number of nitrogens with one attached hydrogen (secondary N) is 1. The summed E-state index contributed by atoms with van der Waals surface area (Å²) < 4.78 is 9.44. The smallest absolute Gasteiger partial charge is 0.374 e. The highest BCUT2D eigenvalue weighted by atomic mass is 16.6. The minimum atomic E-state index is -0.590. The third-order valence-electron chi connectivity index (χ3n) is 1.70. The number of primary amides is 1. The predicted molar refractivity (Wildman–Crippen MR) is 52.0 cm³/mol. The standard InChI is InChI=1S/C9H12N2O5/c1-14-9(13)8-6(2-3-15-8)4-11-16-5-7(10)12/h2-3,11H,4-5H2,1H3,(H2,10,12). The number of ether oxygens (including phenoxy) is 1. The van der Waals surface area contributed by atoms with E-state index < -0.39 is 11.9 Å². The van der Waals surface area contributed by atoms with Crippen LogP contribution in [-0.2, 0) is 20.9 Å². The number of carbonyl (C=O) groups is 2. The molecule has 0 aliphatic rings. The number of furan rings is 1. The molecule has 0 fully saturated rings. The van der Waals surface area contributed by atoms with Crippen LogP contribution in [-0.4, -0.2) is 25.6 Å². The van der Waals surface area contributed by atoms with Gasteiger partial charge in [-0.25, -0.2) is 4.79 Å². The maximum atomic E-state index is 11.2. The van der Waals surface area contributed by atoms with Crippen molar-refractivity contribution in [1.82, 2.24) is 5.48 Å². The molecule has 7 nitrogen and oxygen atoms in total. The summed E-state index contributed by atoms with van der Waals surface area (Å²) in [5.41, 5.74) is 7.89. The van der Waals surface area contributed by atoms with Crippen molar-refractivity contribution in [2.24, 2.45) is 5.73 Å². The Kier molecular flexibility index (Phi) is 4.49. The molecular weight excluding hydrogens is 216 g/mol. The first-order valence-corrected chi connectivity index (χ1v) is 4.42. The lowest BCUT2D eigenvalue weighted by Gasteiger charge is -2.03. The van der Waals surface area contributed by atoms with Gasteiger partial charge in [0.1, 0.15) is 6.61 Å². The number of hydrogen-bond donors (Lipinski definition) is 2. The lowest BCUT2D eigenvalue weighted by molar-refractivity contribution is -0.125. The highest BCUT2D eigenvalue weighted by Crippen LogP contribution is 2.11. The molecule has 7 heteroatoms. The first-order chi connectivity index (χ1) is 7.65. The third kappa shape index (κ3) is 3.37.